The Hall–Kier alpha value is -0.610. The monoisotopic (exact) mass is 227 g/mol. The predicted molar refractivity (Wildman–Crippen MR) is 66.4 cm³/mol. The van der Waals surface area contributed by atoms with Crippen molar-refractivity contribution in [2.24, 2.45) is 0 Å². The molecule has 4 heteroatoms. The van der Waals surface area contributed by atoms with Gasteiger partial charge in [-0.3, -0.25) is 4.79 Å². The van der Waals surface area contributed by atoms with Crippen molar-refractivity contribution in [3.05, 3.63) is 0 Å². The van der Waals surface area contributed by atoms with E-state index in [0.717, 1.165) is 13.0 Å². The average Bonchev–Trinajstić information content (AvgIpc) is 2.67. The molecule has 1 amide bonds. The SMILES string of the molecule is CN(C)C(C)(C)CNC(=O)CC1CCCN1. The molecule has 0 aromatic heterocycles. The molecule has 0 saturated carbocycles. The maximum Gasteiger partial charge on any atom is 0.221 e. The van der Waals surface area contributed by atoms with Gasteiger partial charge in [0.25, 0.3) is 0 Å². The van der Waals surface area contributed by atoms with Gasteiger partial charge in [0.05, 0.1) is 0 Å². The van der Waals surface area contributed by atoms with Crippen molar-refractivity contribution in [1.29, 1.82) is 0 Å². The van der Waals surface area contributed by atoms with E-state index in [1.54, 1.807) is 0 Å². The van der Waals surface area contributed by atoms with E-state index in [0.29, 0.717) is 19.0 Å². The summed E-state index contributed by atoms with van der Waals surface area (Å²) >= 11 is 0. The zero-order valence-electron chi connectivity index (χ0n) is 11.0. The molecule has 0 aromatic carbocycles. The first-order valence-corrected chi connectivity index (χ1v) is 6.09. The number of likely N-dealkylation sites (N-methyl/N-ethyl adjacent to an activating group) is 1. The Bertz CT molecular complexity index is 232. The molecule has 1 fully saturated rings. The van der Waals surface area contributed by atoms with Crippen molar-refractivity contribution in [2.45, 2.75) is 44.7 Å². The van der Waals surface area contributed by atoms with E-state index in [1.165, 1.54) is 6.42 Å². The van der Waals surface area contributed by atoms with Crippen LogP contribution in [0.1, 0.15) is 33.1 Å². The first-order chi connectivity index (χ1) is 7.42. The van der Waals surface area contributed by atoms with Crippen LogP contribution in [0.4, 0.5) is 0 Å². The number of nitrogens with zero attached hydrogens (tertiary/aromatic N) is 1. The van der Waals surface area contributed by atoms with Gasteiger partial charge in [-0.1, -0.05) is 0 Å². The number of amides is 1. The topological polar surface area (TPSA) is 44.4 Å². The van der Waals surface area contributed by atoms with Crippen molar-refractivity contribution in [3.63, 3.8) is 0 Å². The molecule has 4 nitrogen and oxygen atoms in total. The Morgan fingerprint density at radius 2 is 2.19 bits per heavy atom. The number of hydrogen-bond acceptors (Lipinski definition) is 3. The molecule has 1 heterocycles. The molecule has 0 aliphatic carbocycles. The molecule has 0 aromatic rings. The van der Waals surface area contributed by atoms with Gasteiger partial charge < -0.3 is 15.5 Å². The Labute approximate surface area is 98.8 Å². The highest BCUT2D eigenvalue weighted by Gasteiger charge is 2.22. The maximum atomic E-state index is 11.7. The van der Waals surface area contributed by atoms with E-state index in [-0.39, 0.29) is 11.4 Å². The third-order valence-electron chi connectivity index (χ3n) is 3.52. The minimum absolute atomic E-state index is 0.0127. The van der Waals surface area contributed by atoms with Crippen LogP contribution in [-0.2, 0) is 4.79 Å². The number of rotatable bonds is 5. The summed E-state index contributed by atoms with van der Waals surface area (Å²) in [5.41, 5.74) is 0.0127. The van der Waals surface area contributed by atoms with Gasteiger partial charge in [0.15, 0.2) is 0 Å². The highest BCUT2D eigenvalue weighted by atomic mass is 16.1. The van der Waals surface area contributed by atoms with Gasteiger partial charge >= 0.3 is 0 Å². The molecule has 0 radical (unpaired) electrons. The van der Waals surface area contributed by atoms with Gasteiger partial charge in [-0.25, -0.2) is 0 Å². The van der Waals surface area contributed by atoms with Gasteiger partial charge in [0.1, 0.15) is 0 Å². The first-order valence-electron chi connectivity index (χ1n) is 6.09. The van der Waals surface area contributed by atoms with Gasteiger partial charge in [-0.05, 0) is 47.3 Å². The van der Waals surface area contributed by atoms with E-state index in [9.17, 15) is 4.79 Å². The molecular formula is C12H25N3O. The molecule has 1 atom stereocenters. The molecule has 94 valence electrons. The smallest absolute Gasteiger partial charge is 0.221 e. The van der Waals surface area contributed by atoms with Crippen LogP contribution < -0.4 is 10.6 Å². The largest absolute Gasteiger partial charge is 0.354 e. The van der Waals surface area contributed by atoms with Crippen LogP contribution in [0.25, 0.3) is 0 Å². The zero-order valence-corrected chi connectivity index (χ0v) is 11.0. The number of carbonyl (C=O) groups excluding carboxylic acids is 1. The second-order valence-electron chi connectivity index (χ2n) is 5.48. The summed E-state index contributed by atoms with van der Waals surface area (Å²) in [5, 5.41) is 6.35. The minimum Gasteiger partial charge on any atom is -0.354 e. The zero-order chi connectivity index (χ0) is 12.2. The van der Waals surface area contributed by atoms with Crippen molar-refractivity contribution >= 4 is 5.91 Å². The average molecular weight is 227 g/mol. The molecule has 1 aliphatic rings. The second-order valence-corrected chi connectivity index (χ2v) is 5.48. The minimum atomic E-state index is 0.0127. The van der Waals surface area contributed by atoms with Crippen LogP contribution in [0.3, 0.4) is 0 Å². The Balaban J connectivity index is 2.24. The molecule has 1 aliphatic heterocycles. The van der Waals surface area contributed by atoms with E-state index < -0.39 is 0 Å². The molecule has 0 spiro atoms. The summed E-state index contributed by atoms with van der Waals surface area (Å²) in [7, 11) is 4.06. The normalized spacial score (nSPS) is 21.4. The predicted octanol–water partition coefficient (Wildman–Crippen LogP) is 0.585. The molecule has 2 N–H and O–H groups in total. The van der Waals surface area contributed by atoms with Crippen molar-refractivity contribution in [3.8, 4) is 0 Å². The van der Waals surface area contributed by atoms with Gasteiger partial charge in [0, 0.05) is 24.5 Å². The third-order valence-corrected chi connectivity index (χ3v) is 3.52. The number of nitrogens with one attached hydrogen (secondary N) is 2. The van der Waals surface area contributed by atoms with E-state index >= 15 is 0 Å². The lowest BCUT2D eigenvalue weighted by atomic mass is 10.0. The summed E-state index contributed by atoms with van der Waals surface area (Å²) in [6, 6.07) is 0.391. The van der Waals surface area contributed by atoms with Crippen molar-refractivity contribution in [2.75, 3.05) is 27.2 Å². The lowest BCUT2D eigenvalue weighted by Gasteiger charge is -2.32. The van der Waals surface area contributed by atoms with Gasteiger partial charge in [-0.15, -0.1) is 0 Å². The maximum absolute atomic E-state index is 11.7. The summed E-state index contributed by atoms with van der Waals surface area (Å²) in [6.07, 6.45) is 2.94. The Morgan fingerprint density at radius 1 is 1.50 bits per heavy atom. The second kappa shape index (κ2) is 5.64. The van der Waals surface area contributed by atoms with Crippen LogP contribution in [0, 0.1) is 0 Å². The van der Waals surface area contributed by atoms with Crippen LogP contribution >= 0.6 is 0 Å². The number of hydrogen-bond donors (Lipinski definition) is 2. The van der Waals surface area contributed by atoms with Crippen LogP contribution in [-0.4, -0.2) is 49.6 Å². The number of carbonyl (C=O) groups is 1. The van der Waals surface area contributed by atoms with Gasteiger partial charge in [-0.2, -0.15) is 0 Å². The van der Waals surface area contributed by atoms with Crippen LogP contribution in [0.15, 0.2) is 0 Å². The highest BCUT2D eigenvalue weighted by molar-refractivity contribution is 5.76. The summed E-state index contributed by atoms with van der Waals surface area (Å²) in [5.74, 6) is 0.161. The fourth-order valence-corrected chi connectivity index (χ4v) is 1.70. The van der Waals surface area contributed by atoms with E-state index in [2.05, 4.69) is 29.4 Å². The van der Waals surface area contributed by atoms with Crippen molar-refractivity contribution < 1.29 is 4.79 Å². The molecule has 16 heavy (non-hydrogen) atoms. The van der Waals surface area contributed by atoms with Gasteiger partial charge in [0.2, 0.25) is 5.91 Å². The van der Waals surface area contributed by atoms with Crippen molar-refractivity contribution in [1.82, 2.24) is 15.5 Å². The summed E-state index contributed by atoms with van der Waals surface area (Å²) < 4.78 is 0. The fraction of sp³-hybridized carbons (Fsp3) is 0.917. The summed E-state index contributed by atoms with van der Waals surface area (Å²) in [6.45, 7) is 6.01. The highest BCUT2D eigenvalue weighted by Crippen LogP contribution is 2.10. The first kappa shape index (κ1) is 13.5. The third kappa shape index (κ3) is 4.10. The summed E-state index contributed by atoms with van der Waals surface area (Å²) in [4.78, 5) is 13.8. The lowest BCUT2D eigenvalue weighted by Crippen LogP contribution is -2.48. The molecular weight excluding hydrogens is 202 g/mol. The Kier molecular flexibility index (Phi) is 4.74. The van der Waals surface area contributed by atoms with E-state index in [1.807, 2.05) is 14.1 Å². The molecule has 0 bridgehead atoms. The fourth-order valence-electron chi connectivity index (χ4n) is 1.70. The Morgan fingerprint density at radius 3 is 2.69 bits per heavy atom. The van der Waals surface area contributed by atoms with Crippen LogP contribution in [0.5, 0.6) is 0 Å². The molecule has 1 saturated heterocycles. The quantitative estimate of drug-likeness (QED) is 0.722. The van der Waals surface area contributed by atoms with Crippen LogP contribution in [0.2, 0.25) is 0 Å². The standard InChI is InChI=1S/C12H25N3O/c1-12(2,15(3)4)9-14-11(16)8-10-6-5-7-13-10/h10,13H,5-9H2,1-4H3,(H,14,16). The molecule has 1 rings (SSSR count). The lowest BCUT2D eigenvalue weighted by molar-refractivity contribution is -0.122. The molecule has 1 unspecified atom stereocenters. The van der Waals surface area contributed by atoms with E-state index in [4.69, 9.17) is 0 Å².